The number of β-lactam (4-membered cyclic amide) rings is 1. The van der Waals surface area contributed by atoms with Gasteiger partial charge >= 0.3 is 11.9 Å². The van der Waals surface area contributed by atoms with Gasteiger partial charge in [-0.1, -0.05) is 233 Å². The third-order valence-corrected chi connectivity index (χ3v) is 16.8. The molecule has 0 spiro atoms. The molecule has 1 fully saturated rings. The second kappa shape index (κ2) is 23.4. The van der Waals surface area contributed by atoms with E-state index in [1.165, 1.54) is 28.0 Å². The number of aromatic nitrogens is 3. The number of amides is 2. The van der Waals surface area contributed by atoms with Crippen LogP contribution in [0.1, 0.15) is 72.7 Å². The summed E-state index contributed by atoms with van der Waals surface area (Å²) in [6, 6.07) is 56.8. The van der Waals surface area contributed by atoms with Crippen LogP contribution >= 0.6 is 46.0 Å². The van der Waals surface area contributed by atoms with Gasteiger partial charge in [0.1, 0.15) is 27.3 Å². The van der Waals surface area contributed by atoms with Gasteiger partial charge in [-0.2, -0.15) is 0 Å². The first-order chi connectivity index (χ1) is 38.3. The molecule has 2 unspecified atom stereocenters. The van der Waals surface area contributed by atoms with Crippen LogP contribution in [0.3, 0.4) is 0 Å². The maximum Gasteiger partial charge on any atom is 0.358 e. The highest BCUT2D eigenvalue weighted by molar-refractivity contribution is 8.04. The third-order valence-electron chi connectivity index (χ3n) is 13.5. The molecule has 0 radical (unpaired) electrons. The first-order valence-electron chi connectivity index (χ1n) is 25.3. The second-order valence-electron chi connectivity index (χ2n) is 19.4. The summed E-state index contributed by atoms with van der Waals surface area (Å²) in [4.78, 5) is 70.8. The Morgan fingerprint density at radius 3 is 1.66 bits per heavy atom. The van der Waals surface area contributed by atoms with Crippen molar-refractivity contribution in [2.45, 2.75) is 61.2 Å². The number of ether oxygens (including phenoxy) is 2. The maximum atomic E-state index is 15.5. The Balaban J connectivity index is 1.06. The van der Waals surface area contributed by atoms with Crippen molar-refractivity contribution in [3.05, 3.63) is 236 Å². The molecular formula is C60H53ClN8O7S3. The van der Waals surface area contributed by atoms with E-state index in [1.54, 1.807) is 27.8 Å². The fourth-order valence-corrected chi connectivity index (χ4v) is 12.7. The first-order valence-corrected chi connectivity index (χ1v) is 28.1. The molecule has 6 aromatic carbocycles. The fraction of sp³-hybridized carbons (Fsp3) is 0.200. The number of hydrogen-bond acceptors (Lipinski definition) is 16. The minimum absolute atomic E-state index is 0.0178. The molecule has 2 atom stereocenters. The van der Waals surface area contributed by atoms with Crippen LogP contribution in [-0.4, -0.2) is 75.5 Å². The summed E-state index contributed by atoms with van der Waals surface area (Å²) in [6.45, 7) is 4.35. The molecule has 2 aliphatic rings. The predicted octanol–water partition coefficient (Wildman–Crippen LogP) is 11.4. The van der Waals surface area contributed by atoms with Gasteiger partial charge in [-0.25, -0.2) is 9.78 Å². The van der Waals surface area contributed by atoms with Gasteiger partial charge in [0.25, 0.3) is 11.8 Å². The molecule has 10 rings (SSSR count). The Labute approximate surface area is 474 Å². The molecule has 0 aliphatic carbocycles. The number of thiazole rings is 1. The van der Waals surface area contributed by atoms with E-state index in [0.29, 0.717) is 49.0 Å². The number of nitrogens with one attached hydrogen (secondary N) is 3. The predicted molar refractivity (Wildman–Crippen MR) is 307 cm³/mol. The van der Waals surface area contributed by atoms with Crippen LogP contribution in [0.2, 0.25) is 4.34 Å². The number of allylic oxidation sites excluding steroid dienone is 1. The van der Waals surface area contributed by atoms with Crippen molar-refractivity contribution in [3.63, 3.8) is 0 Å². The third kappa shape index (κ3) is 11.0. The van der Waals surface area contributed by atoms with Crippen LogP contribution < -0.4 is 16.0 Å². The summed E-state index contributed by atoms with van der Waals surface area (Å²) >= 11 is 10.9. The van der Waals surface area contributed by atoms with Gasteiger partial charge in [0.2, 0.25) is 17.5 Å². The lowest BCUT2D eigenvalue weighted by Crippen LogP contribution is -2.72. The van der Waals surface area contributed by atoms with Crippen LogP contribution in [0, 0.1) is 5.41 Å². The standard InChI is InChI=1S/C60H53ClN8O7S3/c1-58(2,3)54(73)75-37-74-53(72)49-45(77-57-67-66-55(62-4)79-57)36-35-44-46(52(71)69(44)49)63-51(70)48(68-76-60(41-29-17-8-18-30-41,42-31-19-9-20-32-42)43-33-21-10-22-34-43)47-50(61)78-56(64-47)65-59(38-23-11-5-12-24-38,39-25-13-6-14-26-39)40-27-15-7-16-28-40/h5-34,44,46H,35-37H2,1-4H3,(H,62,66)(H,63,70)(H,64,65)/b68-48-. The summed E-state index contributed by atoms with van der Waals surface area (Å²) in [7, 11) is 1.72. The molecule has 19 heteroatoms. The second-order valence-corrected chi connectivity index (χ2v) is 23.3. The molecule has 400 valence electrons. The van der Waals surface area contributed by atoms with E-state index >= 15 is 4.79 Å². The highest BCUT2D eigenvalue weighted by atomic mass is 35.5. The SMILES string of the molecule is CNc1nnc(SC2=C(C(=O)OCOC(=O)C(C)(C)C)N3C(=O)C(NC(=O)/C(=N\OC(c4ccccc4)(c4ccccc4)c4ccccc4)c4nc(NC(c5ccccc5)(c5ccccc5)c5ccccc5)sc4Cl)C3CC2)s1. The molecule has 79 heavy (non-hydrogen) atoms. The molecule has 0 bridgehead atoms. The summed E-state index contributed by atoms with van der Waals surface area (Å²) in [5.41, 5.74) is 1.12. The zero-order valence-corrected chi connectivity index (χ0v) is 46.5. The van der Waals surface area contributed by atoms with E-state index in [-0.39, 0.29) is 21.4 Å². The van der Waals surface area contributed by atoms with Gasteiger partial charge in [-0.05, 0) is 50.3 Å². The van der Waals surface area contributed by atoms with E-state index < -0.39 is 59.2 Å². The average molecular weight is 1130 g/mol. The monoisotopic (exact) mass is 1130 g/mol. The quantitative estimate of drug-likeness (QED) is 0.0174. The summed E-state index contributed by atoms with van der Waals surface area (Å²) < 4.78 is 11.4. The molecule has 1 saturated heterocycles. The number of oxime groups is 1. The van der Waals surface area contributed by atoms with Gasteiger partial charge in [-0.3, -0.25) is 19.3 Å². The Morgan fingerprint density at radius 2 is 1.19 bits per heavy atom. The highest BCUT2D eigenvalue weighted by Gasteiger charge is 2.55. The summed E-state index contributed by atoms with van der Waals surface area (Å²) in [6.07, 6.45) is 0.629. The molecular weight excluding hydrogens is 1080 g/mol. The number of anilines is 2. The number of halogens is 1. The van der Waals surface area contributed by atoms with Gasteiger partial charge < -0.3 is 30.3 Å². The molecule has 2 aliphatic heterocycles. The van der Waals surface area contributed by atoms with E-state index in [4.69, 9.17) is 36.1 Å². The number of nitrogens with zero attached hydrogens (tertiary/aromatic N) is 5. The Bertz CT molecular complexity index is 3340. The van der Waals surface area contributed by atoms with Crippen molar-refractivity contribution in [2.75, 3.05) is 24.5 Å². The molecule has 2 aromatic heterocycles. The van der Waals surface area contributed by atoms with Crippen LogP contribution in [-0.2, 0) is 44.6 Å². The van der Waals surface area contributed by atoms with Crippen molar-refractivity contribution < 1.29 is 33.5 Å². The lowest BCUT2D eigenvalue weighted by molar-refractivity contribution is -0.174. The van der Waals surface area contributed by atoms with Crippen LogP contribution in [0.4, 0.5) is 10.3 Å². The van der Waals surface area contributed by atoms with Gasteiger partial charge in [0.05, 0.1) is 11.5 Å². The topological polar surface area (TPSA) is 186 Å². The van der Waals surface area contributed by atoms with Crippen molar-refractivity contribution >= 4 is 85.8 Å². The van der Waals surface area contributed by atoms with Crippen LogP contribution in [0.15, 0.2) is 202 Å². The molecule has 3 N–H and O–H groups in total. The van der Waals surface area contributed by atoms with Crippen molar-refractivity contribution in [3.8, 4) is 0 Å². The normalized spacial score (nSPS) is 15.6. The molecule has 2 amide bonds. The molecule has 0 saturated carbocycles. The molecule has 15 nitrogen and oxygen atoms in total. The average Bonchev–Trinajstić information content (AvgIpc) is 4.24. The van der Waals surface area contributed by atoms with Crippen LogP contribution in [0.5, 0.6) is 0 Å². The van der Waals surface area contributed by atoms with Gasteiger partial charge in [0, 0.05) is 28.6 Å². The molecule has 8 aromatic rings. The minimum atomic E-state index is -1.44. The lowest BCUT2D eigenvalue weighted by atomic mass is 9.77. The first kappa shape index (κ1) is 54.2. The zero-order chi connectivity index (χ0) is 55.2. The number of carbonyl (C=O) groups is 4. The summed E-state index contributed by atoms with van der Waals surface area (Å²) in [5, 5.41) is 23.8. The highest BCUT2D eigenvalue weighted by Crippen LogP contribution is 2.46. The van der Waals surface area contributed by atoms with E-state index in [1.807, 2.05) is 182 Å². The Morgan fingerprint density at radius 1 is 0.696 bits per heavy atom. The summed E-state index contributed by atoms with van der Waals surface area (Å²) in [5.74, 6) is -2.90. The van der Waals surface area contributed by atoms with E-state index in [9.17, 15) is 14.4 Å². The smallest absolute Gasteiger partial charge is 0.358 e. The number of fused-ring (bicyclic) bond motifs is 1. The lowest BCUT2D eigenvalue weighted by Gasteiger charge is -2.50. The van der Waals surface area contributed by atoms with Gasteiger partial charge in [0.15, 0.2) is 15.2 Å². The molecule has 4 heterocycles. The number of thioether (sulfide) groups is 1. The van der Waals surface area contributed by atoms with Crippen LogP contribution in [0.25, 0.3) is 0 Å². The van der Waals surface area contributed by atoms with E-state index in [2.05, 4.69) is 26.1 Å². The fourth-order valence-electron chi connectivity index (χ4n) is 9.63. The number of carbonyl (C=O) groups excluding carboxylic acids is 4. The van der Waals surface area contributed by atoms with Crippen molar-refractivity contribution in [1.29, 1.82) is 0 Å². The van der Waals surface area contributed by atoms with Crippen molar-refractivity contribution in [2.24, 2.45) is 10.6 Å². The van der Waals surface area contributed by atoms with Gasteiger partial charge in [-0.15, -0.1) is 10.2 Å². The maximum absolute atomic E-state index is 15.5. The largest absolute Gasteiger partial charge is 0.427 e. The minimum Gasteiger partial charge on any atom is -0.427 e. The van der Waals surface area contributed by atoms with Crippen molar-refractivity contribution in [1.82, 2.24) is 25.4 Å². The number of rotatable bonds is 19. The number of esters is 2. The van der Waals surface area contributed by atoms with E-state index in [0.717, 1.165) is 28.0 Å². The number of benzene rings is 6. The zero-order valence-electron chi connectivity index (χ0n) is 43.3. The Hall–Kier alpha value is -8.16. The number of hydrogen-bond donors (Lipinski definition) is 3. The Kier molecular flexibility index (Phi) is 16.1.